The van der Waals surface area contributed by atoms with Crippen LogP contribution in [0.25, 0.3) is 11.1 Å². The zero-order chi connectivity index (χ0) is 53.7. The van der Waals surface area contributed by atoms with Crippen LogP contribution >= 0.6 is 0 Å². The molecule has 0 bridgehead atoms. The molecule has 12 rings (SSSR count). The van der Waals surface area contributed by atoms with Crippen molar-refractivity contribution in [1.82, 2.24) is 0 Å². The van der Waals surface area contributed by atoms with Crippen LogP contribution in [-0.4, -0.2) is 6.71 Å². The molecule has 0 spiro atoms. The van der Waals surface area contributed by atoms with Gasteiger partial charge in [-0.05, 0) is 184 Å². The average molecular weight is 987 g/mol. The van der Waals surface area contributed by atoms with Gasteiger partial charge in [0.05, 0.1) is 5.69 Å². The molecule has 0 saturated carbocycles. The van der Waals surface area contributed by atoms with Crippen LogP contribution < -0.4 is 26.2 Å². The number of aryl methyl sites for hydroxylation is 1. The Hall–Kier alpha value is -5.80. The minimum Gasteiger partial charge on any atom is -0.311 e. The number of anilines is 6. The first-order valence-corrected chi connectivity index (χ1v) is 28.5. The van der Waals surface area contributed by atoms with E-state index in [0.29, 0.717) is 0 Å². The summed E-state index contributed by atoms with van der Waals surface area (Å²) in [4.78, 5) is 5.52. The minimum absolute atomic E-state index is 0.00619. The second-order valence-electron chi connectivity index (χ2n) is 29.7. The van der Waals surface area contributed by atoms with Crippen molar-refractivity contribution in [2.75, 3.05) is 9.80 Å². The molecule has 0 amide bonds. The zero-order valence-corrected chi connectivity index (χ0v) is 49.1. The maximum absolute atomic E-state index is 2.78. The highest BCUT2D eigenvalue weighted by molar-refractivity contribution is 7.00. The molecule has 7 aromatic carbocycles. The molecule has 75 heavy (non-hydrogen) atoms. The Morgan fingerprint density at radius 3 is 1.37 bits per heavy atom. The molecule has 0 aromatic heterocycles. The average Bonchev–Trinajstić information content (AvgIpc) is 3.54. The lowest BCUT2D eigenvalue weighted by molar-refractivity contribution is 0.332. The number of benzene rings is 7. The van der Waals surface area contributed by atoms with E-state index in [2.05, 4.69) is 263 Å². The third-order valence-corrected chi connectivity index (χ3v) is 19.8. The monoisotopic (exact) mass is 987 g/mol. The molecule has 0 N–H and O–H groups in total. The fraction of sp³-hybridized carbons (Fsp3) is 0.417. The van der Waals surface area contributed by atoms with Gasteiger partial charge in [0.25, 0.3) is 6.71 Å². The van der Waals surface area contributed by atoms with Crippen molar-refractivity contribution in [3.8, 4) is 11.1 Å². The van der Waals surface area contributed by atoms with Crippen molar-refractivity contribution in [3.63, 3.8) is 0 Å². The van der Waals surface area contributed by atoms with Gasteiger partial charge in [0.15, 0.2) is 0 Å². The molecule has 2 heterocycles. The van der Waals surface area contributed by atoms with E-state index in [1.807, 2.05) is 0 Å². The number of nitrogens with zero attached hydrogens (tertiary/aromatic N) is 2. The first kappa shape index (κ1) is 50.0. The van der Waals surface area contributed by atoms with Crippen molar-refractivity contribution < 1.29 is 0 Å². The minimum atomic E-state index is -0.220. The van der Waals surface area contributed by atoms with E-state index in [4.69, 9.17) is 0 Å². The van der Waals surface area contributed by atoms with Crippen molar-refractivity contribution in [3.05, 3.63) is 183 Å². The van der Waals surface area contributed by atoms with E-state index in [9.17, 15) is 0 Å². The van der Waals surface area contributed by atoms with Gasteiger partial charge in [-0.15, -0.1) is 0 Å². The Bertz CT molecular complexity index is 3560. The number of hydrogen-bond acceptors (Lipinski definition) is 2. The molecule has 0 atom stereocenters. The van der Waals surface area contributed by atoms with Gasteiger partial charge in [-0.3, -0.25) is 0 Å². The van der Waals surface area contributed by atoms with Gasteiger partial charge in [-0.1, -0.05) is 203 Å². The van der Waals surface area contributed by atoms with Crippen molar-refractivity contribution >= 4 is 57.2 Å². The maximum atomic E-state index is 2.78. The molecule has 5 aliphatic rings. The van der Waals surface area contributed by atoms with Crippen LogP contribution in [0.4, 0.5) is 34.1 Å². The van der Waals surface area contributed by atoms with E-state index in [-0.39, 0.29) is 50.0 Å². The van der Waals surface area contributed by atoms with Gasteiger partial charge in [0.1, 0.15) is 0 Å². The van der Waals surface area contributed by atoms with Crippen LogP contribution in [-0.2, 0) is 43.3 Å². The molecular weight excluding hydrogens is 904 g/mol. The number of fused-ring (bicyclic) bond motifs is 8. The number of rotatable bonds is 3. The summed E-state index contributed by atoms with van der Waals surface area (Å²) >= 11 is 0. The molecule has 3 heteroatoms. The predicted octanol–water partition coefficient (Wildman–Crippen LogP) is 17.6. The van der Waals surface area contributed by atoms with Crippen LogP contribution in [0.5, 0.6) is 0 Å². The SMILES string of the molecule is Cc1cc2c(cc1N1c3cc4c(cc3B3c5cc6c(cc5N(c5ccc(C(C)(C)C)cc5-c5ccccc5)c5cc(C(C)(C)C)cc1c53)C(C)(C)CC6(C)C)C(C)(C)c1ccccc1C4(C)C)C(C)(C)CCC2(C)C. The van der Waals surface area contributed by atoms with Crippen LogP contribution in [0.1, 0.15) is 205 Å². The fourth-order valence-electron chi connectivity index (χ4n) is 15.3. The van der Waals surface area contributed by atoms with E-state index in [0.717, 1.165) is 6.42 Å². The first-order valence-electron chi connectivity index (χ1n) is 28.5. The maximum Gasteiger partial charge on any atom is 0.252 e. The topological polar surface area (TPSA) is 6.48 Å². The molecule has 0 saturated heterocycles. The largest absolute Gasteiger partial charge is 0.311 e. The quantitative estimate of drug-likeness (QED) is 0.163. The summed E-state index contributed by atoms with van der Waals surface area (Å²) in [6.45, 7) is 46.5. The van der Waals surface area contributed by atoms with Crippen LogP contribution in [0.15, 0.2) is 121 Å². The zero-order valence-electron chi connectivity index (χ0n) is 49.1. The van der Waals surface area contributed by atoms with E-state index < -0.39 is 0 Å². The molecule has 384 valence electrons. The third-order valence-electron chi connectivity index (χ3n) is 19.8. The summed E-state index contributed by atoms with van der Waals surface area (Å²) in [5, 5.41) is 0. The van der Waals surface area contributed by atoms with Crippen molar-refractivity contribution in [1.29, 1.82) is 0 Å². The highest BCUT2D eigenvalue weighted by atomic mass is 15.2. The number of hydrogen-bond donors (Lipinski definition) is 0. The molecular formula is C72H83BN2. The van der Waals surface area contributed by atoms with Crippen LogP contribution in [0, 0.1) is 6.92 Å². The lowest BCUT2D eigenvalue weighted by Crippen LogP contribution is -2.62. The highest BCUT2D eigenvalue weighted by Gasteiger charge is 2.51. The van der Waals surface area contributed by atoms with Gasteiger partial charge < -0.3 is 9.80 Å². The Morgan fingerprint density at radius 2 is 0.827 bits per heavy atom. The second-order valence-corrected chi connectivity index (χ2v) is 29.7. The molecule has 7 aromatic rings. The smallest absolute Gasteiger partial charge is 0.252 e. The third kappa shape index (κ3) is 7.24. The first-order chi connectivity index (χ1) is 34.8. The van der Waals surface area contributed by atoms with E-state index >= 15 is 0 Å². The van der Waals surface area contributed by atoms with Gasteiger partial charge in [0, 0.05) is 44.8 Å². The second kappa shape index (κ2) is 15.7. The summed E-state index contributed by atoms with van der Waals surface area (Å²) in [5.74, 6) is 0. The van der Waals surface area contributed by atoms with Crippen molar-refractivity contribution in [2.45, 2.75) is 194 Å². The Kier molecular flexibility index (Phi) is 10.5. The van der Waals surface area contributed by atoms with Crippen molar-refractivity contribution in [2.24, 2.45) is 0 Å². The summed E-state index contributed by atoms with van der Waals surface area (Å²) < 4.78 is 0. The Balaban J connectivity index is 1.27. The fourth-order valence-corrected chi connectivity index (χ4v) is 15.3. The molecule has 0 radical (unpaired) electrons. The predicted molar refractivity (Wildman–Crippen MR) is 325 cm³/mol. The summed E-state index contributed by atoms with van der Waals surface area (Å²) in [6, 6.07) is 49.2. The van der Waals surface area contributed by atoms with Gasteiger partial charge >= 0.3 is 0 Å². The van der Waals surface area contributed by atoms with Gasteiger partial charge in [0.2, 0.25) is 0 Å². The van der Waals surface area contributed by atoms with Gasteiger partial charge in [-0.2, -0.15) is 0 Å². The molecule has 2 aliphatic heterocycles. The lowest BCUT2D eigenvalue weighted by atomic mass is 9.32. The van der Waals surface area contributed by atoms with Crippen LogP contribution in [0.2, 0.25) is 0 Å². The Morgan fingerprint density at radius 1 is 0.387 bits per heavy atom. The molecule has 0 unspecified atom stereocenters. The molecule has 0 fully saturated rings. The van der Waals surface area contributed by atoms with E-state index in [1.54, 1.807) is 0 Å². The summed E-state index contributed by atoms with van der Waals surface area (Å²) in [5.41, 5.74) is 29.8. The lowest BCUT2D eigenvalue weighted by Gasteiger charge is -2.49. The summed E-state index contributed by atoms with van der Waals surface area (Å²) in [7, 11) is 0. The molecule has 3 aliphatic carbocycles. The summed E-state index contributed by atoms with van der Waals surface area (Å²) in [6.07, 6.45) is 3.46. The standard InChI is InChI=1S/C72H83BN2/c1-43-33-50-52(68(10,11)32-31-67(50,8)9)39-59(43)75-61-41-55-54(71(16,17)48-27-23-24-28-49(48)72(55,18)19)38-57(61)73-56-37-51-53(70(14,15)42-69(51,12)13)40-60(56)74(62-35-46(66(5,6)7)36-63(75)64(62)73)58-30-29-45(65(2,3)4)34-47(58)44-25-21-20-22-26-44/h20-30,33-41H,31-32,42H2,1-19H3. The van der Waals surface area contributed by atoms with E-state index in [1.165, 1.54) is 136 Å². The highest BCUT2D eigenvalue weighted by Crippen LogP contribution is 2.57. The molecule has 2 nitrogen and oxygen atoms in total. The van der Waals surface area contributed by atoms with Gasteiger partial charge in [-0.25, -0.2) is 0 Å². The Labute approximate surface area is 452 Å². The van der Waals surface area contributed by atoms with Crippen LogP contribution in [0.3, 0.4) is 0 Å². The normalized spacial score (nSPS) is 19.5.